The van der Waals surface area contributed by atoms with Gasteiger partial charge in [-0.2, -0.15) is 9.78 Å². The summed E-state index contributed by atoms with van der Waals surface area (Å²) >= 11 is 9.80. The molecule has 36 heavy (non-hydrogen) atoms. The van der Waals surface area contributed by atoms with E-state index in [1.54, 1.807) is 31.5 Å². The minimum Gasteiger partial charge on any atom is -0.496 e. The van der Waals surface area contributed by atoms with Gasteiger partial charge in [0, 0.05) is 16.1 Å². The third kappa shape index (κ3) is 5.04. The van der Waals surface area contributed by atoms with Crippen LogP contribution in [0.15, 0.2) is 62.9 Å². The van der Waals surface area contributed by atoms with Crippen molar-refractivity contribution in [2.45, 2.75) is 33.6 Å². The van der Waals surface area contributed by atoms with Crippen LogP contribution >= 0.6 is 27.5 Å². The van der Waals surface area contributed by atoms with Crippen LogP contribution in [0.4, 0.5) is 0 Å². The van der Waals surface area contributed by atoms with E-state index in [1.165, 1.54) is 4.68 Å². The predicted molar refractivity (Wildman–Crippen MR) is 150 cm³/mol. The Morgan fingerprint density at radius 1 is 1.19 bits per heavy atom. The molecule has 0 fully saturated rings. The molecule has 0 aliphatic rings. The van der Waals surface area contributed by atoms with Crippen molar-refractivity contribution in [2.75, 3.05) is 13.7 Å². The third-order valence-corrected chi connectivity index (χ3v) is 6.64. The molecule has 0 saturated carbocycles. The van der Waals surface area contributed by atoms with Gasteiger partial charge in [0.2, 0.25) is 0 Å². The van der Waals surface area contributed by atoms with Crippen LogP contribution in [-0.2, 0) is 0 Å². The highest BCUT2D eigenvalue weighted by Crippen LogP contribution is 2.35. The molecule has 4 rings (SSSR count). The molecule has 186 valence electrons. The van der Waals surface area contributed by atoms with Crippen molar-refractivity contribution in [3.8, 4) is 22.9 Å². The van der Waals surface area contributed by atoms with Crippen molar-refractivity contribution < 1.29 is 9.47 Å². The summed E-state index contributed by atoms with van der Waals surface area (Å²) in [5, 5.41) is 5.61. The first-order valence-electron chi connectivity index (χ1n) is 11.6. The monoisotopic (exact) mass is 567 g/mol. The van der Waals surface area contributed by atoms with Gasteiger partial charge in [-0.3, -0.25) is 4.79 Å². The molecule has 4 aromatic rings. The smallest absolute Gasteiger partial charge is 0.282 e. The Hall–Kier alpha value is -3.16. The molecular weight excluding hydrogens is 542 g/mol. The quantitative estimate of drug-likeness (QED) is 0.221. The van der Waals surface area contributed by atoms with Gasteiger partial charge in [0.25, 0.3) is 5.56 Å². The zero-order chi connectivity index (χ0) is 26.0. The number of halogens is 2. The maximum absolute atomic E-state index is 13.7. The summed E-state index contributed by atoms with van der Waals surface area (Å²) in [4.78, 5) is 18.5. The topological polar surface area (TPSA) is 65.7 Å². The third-order valence-electron chi connectivity index (χ3n) is 5.83. The molecule has 0 unspecified atom stereocenters. The van der Waals surface area contributed by atoms with Crippen molar-refractivity contribution in [1.29, 1.82) is 0 Å². The number of methoxy groups -OCH3 is 1. The number of rotatable bonds is 7. The maximum atomic E-state index is 13.7. The number of ether oxygens (including phenoxy) is 2. The van der Waals surface area contributed by atoms with Gasteiger partial charge in [-0.25, -0.2) is 4.98 Å². The van der Waals surface area contributed by atoms with Crippen LogP contribution in [0.3, 0.4) is 0 Å². The van der Waals surface area contributed by atoms with Crippen LogP contribution in [-0.4, -0.2) is 29.6 Å². The lowest BCUT2D eigenvalue weighted by molar-refractivity contribution is 0.337. The van der Waals surface area contributed by atoms with Crippen LogP contribution in [0.2, 0.25) is 5.02 Å². The van der Waals surface area contributed by atoms with E-state index in [-0.39, 0.29) is 11.5 Å². The average molecular weight is 569 g/mol. The van der Waals surface area contributed by atoms with E-state index >= 15 is 0 Å². The lowest BCUT2D eigenvalue weighted by Crippen LogP contribution is -2.21. The summed E-state index contributed by atoms with van der Waals surface area (Å²) in [7, 11) is 1.66. The molecule has 8 heteroatoms. The van der Waals surface area contributed by atoms with Crippen molar-refractivity contribution in [3.63, 3.8) is 0 Å². The van der Waals surface area contributed by atoms with Gasteiger partial charge in [-0.15, -0.1) is 0 Å². The van der Waals surface area contributed by atoms with Crippen molar-refractivity contribution >= 4 is 44.6 Å². The molecule has 0 saturated heterocycles. The highest BCUT2D eigenvalue weighted by atomic mass is 79.9. The van der Waals surface area contributed by atoms with Crippen LogP contribution in [0.1, 0.15) is 43.4 Å². The molecule has 1 aromatic heterocycles. The molecule has 6 nitrogen and oxygen atoms in total. The normalized spacial score (nSPS) is 11.6. The second-order valence-electron chi connectivity index (χ2n) is 8.62. The number of fused-ring (bicyclic) bond motifs is 1. The second kappa shape index (κ2) is 10.8. The maximum Gasteiger partial charge on any atom is 0.282 e. The van der Waals surface area contributed by atoms with Gasteiger partial charge in [0.05, 0.1) is 35.3 Å². The van der Waals surface area contributed by atoms with E-state index in [9.17, 15) is 4.79 Å². The summed E-state index contributed by atoms with van der Waals surface area (Å²) in [5.41, 5.74) is 3.71. The van der Waals surface area contributed by atoms with Crippen LogP contribution in [0, 0.1) is 6.92 Å². The van der Waals surface area contributed by atoms with Crippen molar-refractivity contribution in [2.24, 2.45) is 5.10 Å². The van der Waals surface area contributed by atoms with E-state index in [2.05, 4.69) is 34.9 Å². The Morgan fingerprint density at radius 3 is 2.64 bits per heavy atom. The average Bonchev–Trinajstić information content (AvgIpc) is 2.85. The van der Waals surface area contributed by atoms with E-state index in [4.69, 9.17) is 26.1 Å². The molecule has 0 amide bonds. The van der Waals surface area contributed by atoms with Gasteiger partial charge in [-0.05, 0) is 83.2 Å². The van der Waals surface area contributed by atoms with Gasteiger partial charge in [0.15, 0.2) is 5.82 Å². The summed E-state index contributed by atoms with van der Waals surface area (Å²) in [6, 6.07) is 14.8. The van der Waals surface area contributed by atoms with Gasteiger partial charge in [0.1, 0.15) is 11.5 Å². The number of hydrogen-bond acceptors (Lipinski definition) is 5. The summed E-state index contributed by atoms with van der Waals surface area (Å²) in [5.74, 6) is 2.04. The molecular formula is C28H27BrClN3O3. The van der Waals surface area contributed by atoms with Gasteiger partial charge in [-0.1, -0.05) is 37.6 Å². The molecule has 0 aliphatic carbocycles. The van der Waals surface area contributed by atoms with Crippen LogP contribution in [0.25, 0.3) is 22.3 Å². The predicted octanol–water partition coefficient (Wildman–Crippen LogP) is 7.20. The molecule has 0 radical (unpaired) electrons. The molecule has 0 N–H and O–H groups in total. The lowest BCUT2D eigenvalue weighted by atomic mass is 9.96. The minimum absolute atomic E-state index is 0.209. The first kappa shape index (κ1) is 25.9. The van der Waals surface area contributed by atoms with Crippen LogP contribution < -0.4 is 15.0 Å². The summed E-state index contributed by atoms with van der Waals surface area (Å²) in [6.07, 6.45) is 1.57. The Balaban J connectivity index is 2.00. The highest BCUT2D eigenvalue weighted by Gasteiger charge is 2.18. The number of benzene rings is 3. The molecule has 0 aliphatic heterocycles. The number of para-hydroxylation sites is 1. The lowest BCUT2D eigenvalue weighted by Gasteiger charge is -2.17. The van der Waals surface area contributed by atoms with Crippen LogP contribution in [0.5, 0.6) is 11.5 Å². The Kier molecular flexibility index (Phi) is 7.81. The Bertz CT molecular complexity index is 1530. The fourth-order valence-electron chi connectivity index (χ4n) is 4.06. The van der Waals surface area contributed by atoms with Gasteiger partial charge < -0.3 is 9.47 Å². The summed E-state index contributed by atoms with van der Waals surface area (Å²) in [6.45, 7) is 8.53. The largest absolute Gasteiger partial charge is 0.496 e. The SMILES string of the molecule is CCOc1c(Br)cc(Cl)cc1C=Nn1c(-c2cc(C(C)C)c(OC)cc2C)nc2ccccc2c1=O. The van der Waals surface area contributed by atoms with E-state index in [0.717, 1.165) is 22.4 Å². The fraction of sp³-hybridized carbons (Fsp3) is 0.250. The minimum atomic E-state index is -0.271. The highest BCUT2D eigenvalue weighted by molar-refractivity contribution is 9.10. The molecule has 0 spiro atoms. The number of nitrogens with zero attached hydrogens (tertiary/aromatic N) is 3. The molecule has 0 atom stereocenters. The standard InChI is InChI=1S/C28H27BrClN3O3/c1-6-36-26-18(12-19(30)13-23(26)29)15-31-33-27(32-24-10-8-7-9-20(24)28(33)34)22-14-21(16(2)3)25(35-5)11-17(22)4/h7-16H,6H2,1-5H3. The number of aryl methyl sites for hydroxylation is 1. The Labute approximate surface area is 223 Å². The summed E-state index contributed by atoms with van der Waals surface area (Å²) < 4.78 is 13.5. The molecule has 1 heterocycles. The van der Waals surface area contributed by atoms with Crippen molar-refractivity contribution in [1.82, 2.24) is 9.66 Å². The Morgan fingerprint density at radius 2 is 1.94 bits per heavy atom. The fourth-order valence-corrected chi connectivity index (χ4v) is 5.01. The van der Waals surface area contributed by atoms with Crippen molar-refractivity contribution in [3.05, 3.63) is 85.1 Å². The van der Waals surface area contributed by atoms with E-state index in [0.29, 0.717) is 44.1 Å². The molecule has 3 aromatic carbocycles. The molecule has 0 bridgehead atoms. The zero-order valence-corrected chi connectivity index (χ0v) is 23.1. The first-order chi connectivity index (χ1) is 17.2. The second-order valence-corrected chi connectivity index (χ2v) is 9.91. The first-order valence-corrected chi connectivity index (χ1v) is 12.8. The van der Waals surface area contributed by atoms with Gasteiger partial charge >= 0.3 is 0 Å². The number of hydrogen-bond donors (Lipinski definition) is 0. The van der Waals surface area contributed by atoms with E-state index < -0.39 is 0 Å². The number of aromatic nitrogens is 2. The van der Waals surface area contributed by atoms with E-state index in [1.807, 2.05) is 44.2 Å². The zero-order valence-electron chi connectivity index (χ0n) is 20.8.